The number of carbonyl (C=O) groups excluding carboxylic acids is 1. The maximum Gasteiger partial charge on any atom is 0.416 e. The molecule has 0 radical (unpaired) electrons. The van der Waals surface area contributed by atoms with Gasteiger partial charge in [-0.05, 0) is 91.5 Å². The molecular weight excluding hydrogens is 570 g/mol. The van der Waals surface area contributed by atoms with Crippen molar-refractivity contribution in [3.05, 3.63) is 106 Å². The van der Waals surface area contributed by atoms with Crippen LogP contribution in [0.25, 0.3) is 6.08 Å². The number of rotatable bonds is 8. The van der Waals surface area contributed by atoms with Crippen molar-refractivity contribution < 1.29 is 35.9 Å². The largest absolute Gasteiger partial charge is 0.497 e. The van der Waals surface area contributed by atoms with Crippen LogP contribution in [0.15, 0.2) is 72.8 Å². The standard InChI is InChI=1S/C33H32F6N2O2/c1-43-27-7-4-6-24(19-27)28(10-14-41-15-12-31(13-16-41)11-9-23-5-2-3-8-29(23)31)30(42)40-21-22-17-25(32(34,35)36)20-26(18-22)33(37,38)39/h2-9,11,17-20,28H,10,12-16,21H2,1H3,(H,40,42). The molecule has 228 valence electrons. The molecule has 0 saturated carbocycles. The number of fused-ring (bicyclic) bond motifs is 2. The van der Waals surface area contributed by atoms with Gasteiger partial charge in [0.15, 0.2) is 0 Å². The highest BCUT2D eigenvalue weighted by molar-refractivity contribution is 5.83. The fraction of sp³-hybridized carbons (Fsp3) is 0.364. The summed E-state index contributed by atoms with van der Waals surface area (Å²) in [6.07, 6.45) is -3.18. The molecule has 5 rings (SSSR count). The Balaban J connectivity index is 1.29. The van der Waals surface area contributed by atoms with Crippen LogP contribution in [-0.2, 0) is 29.1 Å². The van der Waals surface area contributed by atoms with Crippen LogP contribution in [0.3, 0.4) is 0 Å². The summed E-state index contributed by atoms with van der Waals surface area (Å²) in [5, 5.41) is 2.59. The molecule has 43 heavy (non-hydrogen) atoms. The molecule has 1 heterocycles. The molecular formula is C33H32F6N2O2. The molecule has 1 N–H and O–H groups in total. The van der Waals surface area contributed by atoms with Gasteiger partial charge in [0.2, 0.25) is 5.91 Å². The first-order valence-electron chi connectivity index (χ1n) is 14.1. The van der Waals surface area contributed by atoms with E-state index in [1.807, 2.05) is 6.07 Å². The minimum absolute atomic E-state index is 0.0108. The predicted molar refractivity (Wildman–Crippen MR) is 151 cm³/mol. The van der Waals surface area contributed by atoms with Crippen molar-refractivity contribution in [2.24, 2.45) is 0 Å². The Bertz CT molecular complexity index is 1460. The third-order valence-corrected chi connectivity index (χ3v) is 8.49. The van der Waals surface area contributed by atoms with Crippen molar-refractivity contribution in [1.82, 2.24) is 10.2 Å². The van der Waals surface area contributed by atoms with Crippen LogP contribution in [0.1, 0.15) is 58.6 Å². The van der Waals surface area contributed by atoms with E-state index in [2.05, 4.69) is 40.6 Å². The highest BCUT2D eigenvalue weighted by Crippen LogP contribution is 2.44. The third-order valence-electron chi connectivity index (χ3n) is 8.49. The number of likely N-dealkylation sites (tertiary alicyclic amines) is 1. The van der Waals surface area contributed by atoms with Crippen LogP contribution in [0.5, 0.6) is 5.75 Å². The lowest BCUT2D eigenvalue weighted by molar-refractivity contribution is -0.143. The molecule has 1 aliphatic carbocycles. The number of hydrogen-bond acceptors (Lipinski definition) is 3. The van der Waals surface area contributed by atoms with E-state index in [1.54, 1.807) is 24.3 Å². The summed E-state index contributed by atoms with van der Waals surface area (Å²) in [5.74, 6) is -0.638. The summed E-state index contributed by atoms with van der Waals surface area (Å²) in [5.41, 5.74) is 0.123. The maximum atomic E-state index is 13.5. The SMILES string of the molecule is COc1cccc(C(CCN2CCC3(C=Cc4ccccc43)CC2)C(=O)NCc2cc(C(F)(F)F)cc(C(F)(F)F)c2)c1. The molecule has 3 aromatic rings. The normalized spacial score (nSPS) is 17.1. The van der Waals surface area contributed by atoms with Crippen molar-refractivity contribution in [2.45, 2.75) is 49.5 Å². The van der Waals surface area contributed by atoms with Gasteiger partial charge >= 0.3 is 12.4 Å². The lowest BCUT2D eigenvalue weighted by Crippen LogP contribution is -2.42. The second kappa shape index (κ2) is 12.1. The second-order valence-corrected chi connectivity index (χ2v) is 11.2. The molecule has 1 fully saturated rings. The summed E-state index contributed by atoms with van der Waals surface area (Å²) in [6.45, 7) is 1.77. The summed E-state index contributed by atoms with van der Waals surface area (Å²) >= 11 is 0. The maximum absolute atomic E-state index is 13.5. The Hall–Kier alpha value is -3.79. The number of amides is 1. The topological polar surface area (TPSA) is 41.6 Å². The Morgan fingerprint density at radius 3 is 2.26 bits per heavy atom. The van der Waals surface area contributed by atoms with Gasteiger partial charge in [0.1, 0.15) is 5.75 Å². The summed E-state index contributed by atoms with van der Waals surface area (Å²) in [6, 6.07) is 16.7. The van der Waals surface area contributed by atoms with E-state index in [0.29, 0.717) is 36.4 Å². The predicted octanol–water partition coefficient (Wildman–Crippen LogP) is 7.58. The van der Waals surface area contributed by atoms with Crippen molar-refractivity contribution >= 4 is 12.0 Å². The minimum atomic E-state index is -4.97. The number of nitrogens with one attached hydrogen (secondary N) is 1. The smallest absolute Gasteiger partial charge is 0.416 e. The van der Waals surface area contributed by atoms with Gasteiger partial charge in [0.25, 0.3) is 0 Å². The van der Waals surface area contributed by atoms with Crippen molar-refractivity contribution in [3.63, 3.8) is 0 Å². The minimum Gasteiger partial charge on any atom is -0.497 e. The third kappa shape index (κ3) is 6.90. The van der Waals surface area contributed by atoms with Crippen LogP contribution in [0.4, 0.5) is 26.3 Å². The number of nitrogens with zero attached hydrogens (tertiary/aromatic N) is 1. The van der Waals surface area contributed by atoms with Crippen molar-refractivity contribution in [1.29, 1.82) is 0 Å². The number of alkyl halides is 6. The van der Waals surface area contributed by atoms with Crippen molar-refractivity contribution in [3.8, 4) is 5.75 Å². The van der Waals surface area contributed by atoms with Gasteiger partial charge in [0, 0.05) is 12.0 Å². The number of halogens is 6. The van der Waals surface area contributed by atoms with Gasteiger partial charge in [-0.15, -0.1) is 0 Å². The average molecular weight is 603 g/mol. The quantitative estimate of drug-likeness (QED) is 0.270. The van der Waals surface area contributed by atoms with E-state index in [1.165, 1.54) is 18.2 Å². The lowest BCUT2D eigenvalue weighted by Gasteiger charge is -2.39. The molecule has 3 aromatic carbocycles. The molecule has 1 saturated heterocycles. The second-order valence-electron chi connectivity index (χ2n) is 11.2. The Morgan fingerprint density at radius 1 is 0.930 bits per heavy atom. The van der Waals surface area contributed by atoms with Crippen LogP contribution >= 0.6 is 0 Å². The highest BCUT2D eigenvalue weighted by atomic mass is 19.4. The van der Waals surface area contributed by atoms with Crippen LogP contribution in [0, 0.1) is 0 Å². The number of methoxy groups -OCH3 is 1. The average Bonchev–Trinajstić information content (AvgIpc) is 3.34. The lowest BCUT2D eigenvalue weighted by atomic mass is 9.74. The fourth-order valence-electron chi connectivity index (χ4n) is 6.10. The number of benzene rings is 3. The van der Waals surface area contributed by atoms with E-state index < -0.39 is 41.8 Å². The number of allylic oxidation sites excluding steroid dienone is 1. The van der Waals surface area contributed by atoms with Gasteiger partial charge in [0.05, 0.1) is 24.2 Å². The number of piperidine rings is 1. The van der Waals surface area contributed by atoms with Gasteiger partial charge < -0.3 is 15.0 Å². The molecule has 2 aliphatic rings. The Labute approximate surface area is 246 Å². The van der Waals surface area contributed by atoms with Gasteiger partial charge in [-0.2, -0.15) is 26.3 Å². The zero-order chi connectivity index (χ0) is 30.8. The van der Waals surface area contributed by atoms with E-state index >= 15 is 0 Å². The first-order valence-corrected chi connectivity index (χ1v) is 14.1. The van der Waals surface area contributed by atoms with E-state index in [0.717, 1.165) is 25.9 Å². The molecule has 1 spiro atoms. The Morgan fingerprint density at radius 2 is 1.60 bits per heavy atom. The van der Waals surface area contributed by atoms with Gasteiger partial charge in [-0.3, -0.25) is 4.79 Å². The number of carbonyl (C=O) groups is 1. The summed E-state index contributed by atoms with van der Waals surface area (Å²) in [4.78, 5) is 15.8. The monoisotopic (exact) mass is 602 g/mol. The fourth-order valence-corrected chi connectivity index (χ4v) is 6.10. The first kappa shape index (κ1) is 30.7. The Kier molecular flexibility index (Phi) is 8.61. The molecule has 1 amide bonds. The zero-order valence-corrected chi connectivity index (χ0v) is 23.6. The molecule has 10 heteroatoms. The molecule has 1 atom stereocenters. The zero-order valence-electron chi connectivity index (χ0n) is 23.6. The van der Waals surface area contributed by atoms with E-state index in [9.17, 15) is 31.1 Å². The van der Waals surface area contributed by atoms with Crippen LogP contribution in [0.2, 0.25) is 0 Å². The van der Waals surface area contributed by atoms with E-state index in [-0.39, 0.29) is 17.0 Å². The molecule has 1 unspecified atom stereocenters. The number of ether oxygens (including phenoxy) is 1. The van der Waals surface area contributed by atoms with Crippen molar-refractivity contribution in [2.75, 3.05) is 26.7 Å². The molecule has 0 bridgehead atoms. The summed E-state index contributed by atoms with van der Waals surface area (Å²) in [7, 11) is 1.50. The highest BCUT2D eigenvalue weighted by Gasteiger charge is 2.39. The molecule has 0 aromatic heterocycles. The van der Waals surface area contributed by atoms with Gasteiger partial charge in [-0.25, -0.2) is 0 Å². The first-order chi connectivity index (χ1) is 20.4. The molecule has 1 aliphatic heterocycles. The number of hydrogen-bond donors (Lipinski definition) is 1. The van der Waals surface area contributed by atoms with E-state index in [4.69, 9.17) is 4.74 Å². The summed E-state index contributed by atoms with van der Waals surface area (Å²) < 4.78 is 85.3. The van der Waals surface area contributed by atoms with Crippen LogP contribution in [-0.4, -0.2) is 37.6 Å². The van der Waals surface area contributed by atoms with Crippen LogP contribution < -0.4 is 10.1 Å². The molecule has 4 nitrogen and oxygen atoms in total. The van der Waals surface area contributed by atoms with Gasteiger partial charge in [-0.1, -0.05) is 48.6 Å².